The molecule has 0 aromatic carbocycles. The summed E-state index contributed by atoms with van der Waals surface area (Å²) in [6.07, 6.45) is 2.13. The lowest BCUT2D eigenvalue weighted by Gasteiger charge is -1.96. The Morgan fingerprint density at radius 2 is 1.89 bits per heavy atom. The third kappa shape index (κ3) is 5.28. The summed E-state index contributed by atoms with van der Waals surface area (Å²) in [6.45, 7) is 7.90. The predicted octanol–water partition coefficient (Wildman–Crippen LogP) is 2.43. The maximum atomic E-state index is 4.04. The predicted molar refractivity (Wildman–Crippen MR) is 43.1 cm³/mol. The molecule has 0 amide bonds. The van der Waals surface area contributed by atoms with Gasteiger partial charge in [-0.1, -0.05) is 5.57 Å². The van der Waals surface area contributed by atoms with Gasteiger partial charge in [0.2, 0.25) is 0 Å². The first-order valence-corrected chi connectivity index (χ1v) is 3.23. The Balaban J connectivity index is 3.39. The second kappa shape index (κ2) is 4.30. The summed E-state index contributed by atoms with van der Waals surface area (Å²) < 4.78 is 0. The fraction of sp³-hybridized carbons (Fsp3) is 0.625. The minimum absolute atomic E-state index is 1.06. The molecule has 0 aliphatic carbocycles. The van der Waals surface area contributed by atoms with Crippen LogP contribution in [0.4, 0.5) is 0 Å². The molecule has 0 radical (unpaired) electrons. The van der Waals surface area contributed by atoms with Crippen LogP contribution in [0.15, 0.2) is 17.1 Å². The summed E-state index contributed by atoms with van der Waals surface area (Å²) >= 11 is 0. The Morgan fingerprint density at radius 3 is 2.22 bits per heavy atom. The Hall–Kier alpha value is -0.590. The van der Waals surface area contributed by atoms with E-state index in [0.717, 1.165) is 12.8 Å². The van der Waals surface area contributed by atoms with Crippen LogP contribution in [0.5, 0.6) is 0 Å². The average molecular weight is 125 g/mol. The molecule has 0 aliphatic rings. The van der Waals surface area contributed by atoms with Gasteiger partial charge in [-0.05, 0) is 26.7 Å². The maximum Gasteiger partial charge on any atom is 0.0276 e. The van der Waals surface area contributed by atoms with Crippen molar-refractivity contribution in [2.75, 3.05) is 7.05 Å². The Bertz CT molecular complexity index is 123. The summed E-state index contributed by atoms with van der Waals surface area (Å²) in [6, 6.07) is 0. The van der Waals surface area contributed by atoms with Gasteiger partial charge in [0.25, 0.3) is 0 Å². The summed E-state index contributed by atoms with van der Waals surface area (Å²) in [4.78, 5) is 4.04. The largest absolute Gasteiger partial charge is 0.298 e. The van der Waals surface area contributed by atoms with Crippen molar-refractivity contribution < 1.29 is 0 Å². The first-order chi connectivity index (χ1) is 4.16. The lowest BCUT2D eigenvalue weighted by Crippen LogP contribution is -1.90. The van der Waals surface area contributed by atoms with Crippen molar-refractivity contribution in [2.45, 2.75) is 26.7 Å². The van der Waals surface area contributed by atoms with Crippen LogP contribution in [0.2, 0.25) is 0 Å². The van der Waals surface area contributed by atoms with Crippen LogP contribution < -0.4 is 0 Å². The standard InChI is InChI=1S/C8H15N/c1-7(2)5-6-8(3)9-4/h1,5-6H2,2-4H3. The minimum Gasteiger partial charge on any atom is -0.298 e. The van der Waals surface area contributed by atoms with Crippen molar-refractivity contribution in [3.63, 3.8) is 0 Å². The maximum absolute atomic E-state index is 4.04. The monoisotopic (exact) mass is 125 g/mol. The topological polar surface area (TPSA) is 12.4 Å². The fourth-order valence-corrected chi connectivity index (χ4v) is 0.506. The Labute approximate surface area is 57.5 Å². The van der Waals surface area contributed by atoms with Crippen LogP contribution in [0.25, 0.3) is 0 Å². The van der Waals surface area contributed by atoms with Crippen LogP contribution in [-0.4, -0.2) is 12.8 Å². The molecular weight excluding hydrogens is 110 g/mol. The van der Waals surface area contributed by atoms with Crippen molar-refractivity contribution in [3.8, 4) is 0 Å². The van der Waals surface area contributed by atoms with Crippen molar-refractivity contribution in [1.82, 2.24) is 0 Å². The smallest absolute Gasteiger partial charge is 0.0276 e. The second-order valence-electron chi connectivity index (χ2n) is 2.42. The highest BCUT2D eigenvalue weighted by Gasteiger charge is 1.89. The normalized spacial score (nSPS) is 11.7. The van der Waals surface area contributed by atoms with Crippen LogP contribution in [0, 0.1) is 0 Å². The van der Waals surface area contributed by atoms with Gasteiger partial charge in [-0.15, -0.1) is 6.58 Å². The first kappa shape index (κ1) is 8.41. The number of aliphatic imine (C=N–C) groups is 1. The van der Waals surface area contributed by atoms with Crippen LogP contribution in [0.3, 0.4) is 0 Å². The minimum atomic E-state index is 1.06. The molecule has 9 heavy (non-hydrogen) atoms. The number of hydrogen-bond donors (Lipinski definition) is 0. The molecule has 0 N–H and O–H groups in total. The lowest BCUT2D eigenvalue weighted by molar-refractivity contribution is 1.01. The highest BCUT2D eigenvalue weighted by Crippen LogP contribution is 2.00. The Kier molecular flexibility index (Phi) is 4.02. The molecule has 0 rings (SSSR count). The summed E-state index contributed by atoms with van der Waals surface area (Å²) in [5, 5.41) is 0. The zero-order valence-electron chi connectivity index (χ0n) is 6.57. The van der Waals surface area contributed by atoms with E-state index in [1.165, 1.54) is 11.3 Å². The third-order valence-corrected chi connectivity index (χ3v) is 1.30. The number of hydrogen-bond acceptors (Lipinski definition) is 1. The van der Waals surface area contributed by atoms with Crippen LogP contribution in [0.1, 0.15) is 26.7 Å². The zero-order valence-corrected chi connectivity index (χ0v) is 6.57. The van der Waals surface area contributed by atoms with E-state index in [1.807, 2.05) is 20.9 Å². The van der Waals surface area contributed by atoms with E-state index in [9.17, 15) is 0 Å². The van der Waals surface area contributed by atoms with Gasteiger partial charge in [-0.2, -0.15) is 0 Å². The van der Waals surface area contributed by atoms with Gasteiger partial charge < -0.3 is 0 Å². The molecule has 0 aromatic rings. The lowest BCUT2D eigenvalue weighted by atomic mass is 10.1. The van der Waals surface area contributed by atoms with Gasteiger partial charge in [0.05, 0.1) is 0 Å². The molecule has 1 nitrogen and oxygen atoms in total. The molecular formula is C8H15N. The quantitative estimate of drug-likeness (QED) is 0.406. The molecule has 1 heteroatoms. The van der Waals surface area contributed by atoms with Crippen molar-refractivity contribution >= 4 is 5.71 Å². The van der Waals surface area contributed by atoms with E-state index in [4.69, 9.17) is 0 Å². The number of rotatable bonds is 3. The molecule has 0 saturated carbocycles. The molecule has 0 heterocycles. The van der Waals surface area contributed by atoms with E-state index in [0.29, 0.717) is 0 Å². The van der Waals surface area contributed by atoms with Gasteiger partial charge >= 0.3 is 0 Å². The van der Waals surface area contributed by atoms with E-state index < -0.39 is 0 Å². The van der Waals surface area contributed by atoms with E-state index in [-0.39, 0.29) is 0 Å². The first-order valence-electron chi connectivity index (χ1n) is 3.23. The van der Waals surface area contributed by atoms with Gasteiger partial charge in [0.1, 0.15) is 0 Å². The molecule has 0 saturated heterocycles. The van der Waals surface area contributed by atoms with Crippen LogP contribution >= 0.6 is 0 Å². The van der Waals surface area contributed by atoms with Crippen molar-refractivity contribution in [2.24, 2.45) is 4.99 Å². The molecule has 0 spiro atoms. The summed E-state index contributed by atoms with van der Waals surface area (Å²) in [5.41, 5.74) is 2.44. The molecule has 52 valence electrons. The van der Waals surface area contributed by atoms with Gasteiger partial charge in [-0.25, -0.2) is 0 Å². The van der Waals surface area contributed by atoms with Gasteiger partial charge in [0, 0.05) is 12.8 Å². The van der Waals surface area contributed by atoms with E-state index in [1.54, 1.807) is 0 Å². The molecule has 0 fully saturated rings. The zero-order chi connectivity index (χ0) is 7.28. The summed E-state index contributed by atoms with van der Waals surface area (Å²) in [7, 11) is 1.83. The van der Waals surface area contributed by atoms with Crippen LogP contribution in [-0.2, 0) is 0 Å². The highest BCUT2D eigenvalue weighted by molar-refractivity contribution is 5.81. The fourth-order valence-electron chi connectivity index (χ4n) is 0.506. The van der Waals surface area contributed by atoms with Crippen molar-refractivity contribution in [3.05, 3.63) is 12.2 Å². The molecule has 0 bridgehead atoms. The molecule has 0 unspecified atom stereocenters. The molecule has 0 aromatic heterocycles. The third-order valence-electron chi connectivity index (χ3n) is 1.30. The van der Waals surface area contributed by atoms with Crippen molar-refractivity contribution in [1.29, 1.82) is 0 Å². The van der Waals surface area contributed by atoms with Gasteiger partial charge in [-0.3, -0.25) is 4.99 Å². The summed E-state index contributed by atoms with van der Waals surface area (Å²) in [5.74, 6) is 0. The SMILES string of the molecule is C=C(C)CCC(C)=NC. The number of nitrogens with zero attached hydrogens (tertiary/aromatic N) is 1. The number of allylic oxidation sites excluding steroid dienone is 1. The van der Waals surface area contributed by atoms with Gasteiger partial charge in [0.15, 0.2) is 0 Å². The second-order valence-corrected chi connectivity index (χ2v) is 2.42. The Morgan fingerprint density at radius 1 is 1.33 bits per heavy atom. The van der Waals surface area contributed by atoms with E-state index in [2.05, 4.69) is 11.6 Å². The molecule has 0 atom stereocenters. The average Bonchev–Trinajstić information content (AvgIpc) is 1.83. The highest BCUT2D eigenvalue weighted by atomic mass is 14.7. The van der Waals surface area contributed by atoms with E-state index >= 15 is 0 Å². The molecule has 0 aliphatic heterocycles.